The number of hydrogen-bond acceptors (Lipinski definition) is 9. The fraction of sp³-hybridized carbons (Fsp3) is 0.562. The van der Waals surface area contributed by atoms with Crippen molar-refractivity contribution in [3.05, 3.63) is 53.7 Å². The molecule has 10 nitrogen and oxygen atoms in total. The fourth-order valence-electron chi connectivity index (χ4n) is 6.98. The molecule has 2 saturated heterocycles. The molecule has 0 saturated carbocycles. The summed E-state index contributed by atoms with van der Waals surface area (Å²) in [5.74, 6) is 1.27. The molecule has 42 heavy (non-hydrogen) atoms. The lowest BCUT2D eigenvalue weighted by atomic mass is 9.90. The molecule has 1 aromatic heterocycles. The smallest absolute Gasteiger partial charge is 0.318 e. The second-order valence-corrected chi connectivity index (χ2v) is 11.8. The highest BCUT2D eigenvalue weighted by Gasteiger charge is 2.36. The summed E-state index contributed by atoms with van der Waals surface area (Å²) in [4.78, 5) is 31.4. The van der Waals surface area contributed by atoms with Crippen LogP contribution in [0, 0.1) is 11.3 Å². The van der Waals surface area contributed by atoms with Gasteiger partial charge in [0.05, 0.1) is 37.4 Å². The topological polar surface area (TPSA) is 98.1 Å². The van der Waals surface area contributed by atoms with Gasteiger partial charge in [0.25, 0.3) is 0 Å². The first-order valence-electron chi connectivity index (χ1n) is 15.3. The van der Waals surface area contributed by atoms with Gasteiger partial charge in [0.2, 0.25) is 5.91 Å². The zero-order valence-corrected chi connectivity index (χ0v) is 24.6. The number of carbonyl (C=O) groups excluding carboxylic acids is 1. The minimum atomic E-state index is -0.218. The molecule has 4 heterocycles. The number of carbonyl (C=O) groups is 1. The molecule has 0 spiro atoms. The van der Waals surface area contributed by atoms with Crippen LogP contribution in [-0.2, 0) is 22.4 Å². The Labute approximate surface area is 248 Å². The van der Waals surface area contributed by atoms with Crippen LogP contribution in [0.3, 0.4) is 0 Å². The van der Waals surface area contributed by atoms with Crippen LogP contribution in [0.15, 0.2) is 36.9 Å². The Balaban J connectivity index is 1.26. The Kier molecular flexibility index (Phi) is 8.58. The van der Waals surface area contributed by atoms with E-state index in [1.807, 2.05) is 0 Å². The zero-order chi connectivity index (χ0) is 29.1. The molecular weight excluding hydrogens is 530 g/mol. The standard InChI is InChI=1S/C32H41N7O3/c1-3-30(40)38-13-12-37(22-25(38)10-11-33)31-27-9-8-24(39-21-23(2)26-6-4-5-7-29(26)39)20-28(27)34-32(35-31)42-19-16-36-14-17-41-18-15-36/h3-7,23-25H,1,8-10,12-22H2,2H3/t23-,24-,25+/m1/s1. The Bertz CT molecular complexity index is 1340. The summed E-state index contributed by atoms with van der Waals surface area (Å²) in [6.07, 6.45) is 4.34. The maximum atomic E-state index is 12.5. The monoisotopic (exact) mass is 571 g/mol. The van der Waals surface area contributed by atoms with Crippen molar-refractivity contribution >= 4 is 17.4 Å². The van der Waals surface area contributed by atoms with Crippen molar-refractivity contribution in [2.45, 2.75) is 50.6 Å². The van der Waals surface area contributed by atoms with Crippen LogP contribution in [0.1, 0.15) is 42.5 Å². The van der Waals surface area contributed by atoms with Crippen molar-refractivity contribution in [2.75, 3.05) is 75.4 Å². The van der Waals surface area contributed by atoms with E-state index >= 15 is 0 Å². The summed E-state index contributed by atoms with van der Waals surface area (Å²) in [6.45, 7) is 13.3. The molecule has 0 unspecified atom stereocenters. The summed E-state index contributed by atoms with van der Waals surface area (Å²) in [5.41, 5.74) is 4.99. The van der Waals surface area contributed by atoms with Crippen molar-refractivity contribution < 1.29 is 14.3 Å². The van der Waals surface area contributed by atoms with Crippen LogP contribution in [-0.4, -0.2) is 103 Å². The average Bonchev–Trinajstić information content (AvgIpc) is 3.37. The third-order valence-electron chi connectivity index (χ3n) is 9.20. The number of rotatable bonds is 8. The first-order valence-corrected chi connectivity index (χ1v) is 15.3. The molecule has 6 rings (SSSR count). The highest BCUT2D eigenvalue weighted by atomic mass is 16.5. The number of morpholine rings is 1. The normalized spacial score (nSPS) is 24.1. The van der Waals surface area contributed by atoms with Crippen LogP contribution >= 0.6 is 0 Å². The van der Waals surface area contributed by atoms with E-state index in [2.05, 4.69) is 58.5 Å². The van der Waals surface area contributed by atoms with Crippen molar-refractivity contribution in [1.82, 2.24) is 19.8 Å². The zero-order valence-electron chi connectivity index (χ0n) is 24.6. The van der Waals surface area contributed by atoms with E-state index in [1.165, 1.54) is 22.9 Å². The first kappa shape index (κ1) is 28.4. The van der Waals surface area contributed by atoms with Gasteiger partial charge >= 0.3 is 6.01 Å². The van der Waals surface area contributed by atoms with E-state index in [4.69, 9.17) is 19.4 Å². The largest absolute Gasteiger partial charge is 0.462 e. The summed E-state index contributed by atoms with van der Waals surface area (Å²) in [5, 5.41) is 9.52. The molecule has 3 atom stereocenters. The van der Waals surface area contributed by atoms with Crippen LogP contribution in [0.2, 0.25) is 0 Å². The predicted molar refractivity (Wildman–Crippen MR) is 161 cm³/mol. The first-order chi connectivity index (χ1) is 20.6. The van der Waals surface area contributed by atoms with E-state index < -0.39 is 0 Å². The molecule has 1 amide bonds. The molecule has 2 aromatic rings. The molecule has 1 aliphatic carbocycles. The third kappa shape index (κ3) is 5.81. The number of anilines is 2. The van der Waals surface area contributed by atoms with Crippen molar-refractivity contribution in [1.29, 1.82) is 5.26 Å². The molecule has 2 fully saturated rings. The summed E-state index contributed by atoms with van der Waals surface area (Å²) < 4.78 is 11.7. The van der Waals surface area contributed by atoms with E-state index in [0.29, 0.717) is 44.2 Å². The van der Waals surface area contributed by atoms with Gasteiger partial charge in [-0.2, -0.15) is 15.2 Å². The lowest BCUT2D eigenvalue weighted by Gasteiger charge is -2.42. The van der Waals surface area contributed by atoms with Crippen LogP contribution in [0.4, 0.5) is 11.5 Å². The van der Waals surface area contributed by atoms with Crippen molar-refractivity contribution in [2.24, 2.45) is 0 Å². The van der Waals surface area contributed by atoms with Gasteiger partial charge in [-0.05, 0) is 30.5 Å². The number of para-hydroxylation sites is 1. The minimum Gasteiger partial charge on any atom is -0.462 e. The summed E-state index contributed by atoms with van der Waals surface area (Å²) in [6, 6.07) is 11.6. The number of nitrogens with zero attached hydrogens (tertiary/aromatic N) is 7. The lowest BCUT2D eigenvalue weighted by Crippen LogP contribution is -2.55. The fourth-order valence-corrected chi connectivity index (χ4v) is 6.98. The molecule has 0 bridgehead atoms. The van der Waals surface area contributed by atoms with Gasteiger partial charge in [-0.3, -0.25) is 9.69 Å². The van der Waals surface area contributed by atoms with Crippen molar-refractivity contribution in [3.8, 4) is 12.1 Å². The van der Waals surface area contributed by atoms with E-state index in [-0.39, 0.29) is 18.4 Å². The second kappa shape index (κ2) is 12.7. The number of ether oxygens (including phenoxy) is 2. The maximum Gasteiger partial charge on any atom is 0.318 e. The minimum absolute atomic E-state index is 0.130. The van der Waals surface area contributed by atoms with Gasteiger partial charge in [-0.1, -0.05) is 31.7 Å². The number of nitriles is 1. The van der Waals surface area contributed by atoms with Gasteiger partial charge in [0, 0.05) is 75.4 Å². The average molecular weight is 572 g/mol. The quantitative estimate of drug-likeness (QED) is 0.443. The van der Waals surface area contributed by atoms with Gasteiger partial charge < -0.3 is 24.2 Å². The summed E-state index contributed by atoms with van der Waals surface area (Å²) in [7, 11) is 0. The van der Waals surface area contributed by atoms with Gasteiger partial charge in [-0.15, -0.1) is 0 Å². The van der Waals surface area contributed by atoms with Crippen LogP contribution in [0.25, 0.3) is 0 Å². The van der Waals surface area contributed by atoms with Crippen LogP contribution < -0.4 is 14.5 Å². The van der Waals surface area contributed by atoms with E-state index in [9.17, 15) is 10.1 Å². The highest BCUT2D eigenvalue weighted by Crippen LogP contribution is 2.41. The Morgan fingerprint density at radius 1 is 1.19 bits per heavy atom. The van der Waals surface area contributed by atoms with E-state index in [1.54, 1.807) is 4.90 Å². The number of hydrogen-bond donors (Lipinski definition) is 0. The SMILES string of the molecule is C=CC(=O)N1CCN(c2nc(OCCN3CCOCC3)nc3c2CC[C@@H](N2C[C@@H](C)c4ccccc42)C3)C[C@@H]1CC#N. The second-order valence-electron chi connectivity index (χ2n) is 11.8. The number of benzene rings is 1. The Hall–Kier alpha value is -3.68. The van der Waals surface area contributed by atoms with Gasteiger partial charge in [0.15, 0.2) is 0 Å². The van der Waals surface area contributed by atoms with Gasteiger partial charge in [-0.25, -0.2) is 0 Å². The van der Waals surface area contributed by atoms with Gasteiger partial charge in [0.1, 0.15) is 12.4 Å². The molecule has 10 heteroatoms. The Morgan fingerprint density at radius 2 is 2.02 bits per heavy atom. The molecule has 1 aromatic carbocycles. The van der Waals surface area contributed by atoms with E-state index in [0.717, 1.165) is 70.2 Å². The maximum absolute atomic E-state index is 12.5. The molecule has 4 aliphatic rings. The molecule has 222 valence electrons. The Morgan fingerprint density at radius 3 is 2.83 bits per heavy atom. The lowest BCUT2D eigenvalue weighted by molar-refractivity contribution is -0.128. The number of amides is 1. The number of piperazine rings is 1. The predicted octanol–water partition coefficient (Wildman–Crippen LogP) is 2.79. The molecule has 3 aliphatic heterocycles. The third-order valence-corrected chi connectivity index (χ3v) is 9.20. The number of aromatic nitrogens is 2. The van der Waals surface area contributed by atoms with Crippen LogP contribution in [0.5, 0.6) is 6.01 Å². The van der Waals surface area contributed by atoms with Crippen molar-refractivity contribution in [3.63, 3.8) is 0 Å². The number of fused-ring (bicyclic) bond motifs is 2. The highest BCUT2D eigenvalue weighted by molar-refractivity contribution is 5.87. The molecular formula is C32H41N7O3. The summed E-state index contributed by atoms with van der Waals surface area (Å²) >= 11 is 0. The molecule has 0 N–H and O–H groups in total. The molecule has 0 radical (unpaired) electrons.